The summed E-state index contributed by atoms with van der Waals surface area (Å²) >= 11 is 0. The Labute approximate surface area is 118 Å². The number of hydrogen-bond acceptors (Lipinski definition) is 3. The number of fused-ring (bicyclic) bond motifs is 1. The Kier molecular flexibility index (Phi) is 5.15. The number of likely N-dealkylation sites (N-methyl/N-ethyl adjacent to an activating group) is 1. The Balaban J connectivity index is 2.20. The van der Waals surface area contributed by atoms with Crippen LogP contribution >= 0.6 is 0 Å². The van der Waals surface area contributed by atoms with Crippen LogP contribution < -0.4 is 10.6 Å². The summed E-state index contributed by atoms with van der Waals surface area (Å²) in [6.07, 6.45) is 1.96. The van der Waals surface area contributed by atoms with Gasteiger partial charge >= 0.3 is 0 Å². The second kappa shape index (κ2) is 7.07. The van der Waals surface area contributed by atoms with Crippen molar-refractivity contribution in [3.63, 3.8) is 0 Å². The van der Waals surface area contributed by atoms with Crippen molar-refractivity contribution in [2.45, 2.75) is 13.1 Å². The molecule has 2 aromatic rings. The highest BCUT2D eigenvalue weighted by molar-refractivity contribution is 5.85. The molecule has 0 aliphatic heterocycles. The van der Waals surface area contributed by atoms with E-state index in [1.807, 2.05) is 22.9 Å². The van der Waals surface area contributed by atoms with Crippen LogP contribution in [0.25, 0.3) is 10.9 Å². The minimum Gasteiger partial charge on any atom is -0.383 e. The minimum atomic E-state index is 0.00430. The van der Waals surface area contributed by atoms with Gasteiger partial charge in [-0.15, -0.1) is 0 Å². The molecular weight excluding hydrogens is 254 g/mol. The topological polar surface area (TPSA) is 55.3 Å². The van der Waals surface area contributed by atoms with Crippen molar-refractivity contribution in [3.05, 3.63) is 36.0 Å². The largest absolute Gasteiger partial charge is 0.383 e. The molecule has 0 radical (unpaired) electrons. The summed E-state index contributed by atoms with van der Waals surface area (Å²) in [6, 6.07) is 8.23. The number of amides is 1. The number of nitrogens with one attached hydrogen (secondary N) is 2. The van der Waals surface area contributed by atoms with Gasteiger partial charge in [0, 0.05) is 33.4 Å². The second-order valence-electron chi connectivity index (χ2n) is 4.64. The summed E-state index contributed by atoms with van der Waals surface area (Å²) < 4.78 is 7.01. The molecule has 0 aliphatic rings. The Hall–Kier alpha value is -1.85. The Morgan fingerprint density at radius 1 is 1.35 bits per heavy atom. The van der Waals surface area contributed by atoms with Crippen LogP contribution in [0.5, 0.6) is 0 Å². The molecule has 1 heterocycles. The fourth-order valence-corrected chi connectivity index (χ4v) is 2.25. The summed E-state index contributed by atoms with van der Waals surface area (Å²) in [5.41, 5.74) is 2.30. The van der Waals surface area contributed by atoms with Gasteiger partial charge in [0.25, 0.3) is 0 Å². The van der Waals surface area contributed by atoms with Gasteiger partial charge in [0.05, 0.1) is 12.1 Å². The van der Waals surface area contributed by atoms with E-state index in [-0.39, 0.29) is 5.91 Å². The van der Waals surface area contributed by atoms with Crippen molar-refractivity contribution in [2.24, 2.45) is 0 Å². The monoisotopic (exact) mass is 275 g/mol. The third-order valence-electron chi connectivity index (χ3n) is 3.26. The number of benzene rings is 1. The Bertz CT molecular complexity index is 578. The molecule has 20 heavy (non-hydrogen) atoms. The van der Waals surface area contributed by atoms with E-state index in [0.29, 0.717) is 13.2 Å². The van der Waals surface area contributed by atoms with Crippen LogP contribution in [0.3, 0.4) is 0 Å². The normalized spacial score (nSPS) is 10.9. The van der Waals surface area contributed by atoms with Gasteiger partial charge in [-0.1, -0.05) is 18.2 Å². The zero-order chi connectivity index (χ0) is 14.4. The van der Waals surface area contributed by atoms with Crippen LogP contribution in [0, 0.1) is 0 Å². The molecule has 0 saturated heterocycles. The number of para-hydroxylation sites is 1. The van der Waals surface area contributed by atoms with Crippen molar-refractivity contribution < 1.29 is 9.53 Å². The standard InChI is InChI=1S/C15H21N3O2/c1-16-14(19)11-18-8-6-12-4-3-5-13(15(12)18)10-17-7-9-20-2/h3-6,8,17H,7,9-11H2,1-2H3,(H,16,19). The van der Waals surface area contributed by atoms with Gasteiger partial charge in [0.2, 0.25) is 5.91 Å². The fraction of sp³-hybridized carbons (Fsp3) is 0.400. The average Bonchev–Trinajstić information content (AvgIpc) is 2.87. The van der Waals surface area contributed by atoms with E-state index in [0.717, 1.165) is 24.0 Å². The number of carbonyl (C=O) groups is 1. The fourth-order valence-electron chi connectivity index (χ4n) is 2.25. The number of rotatable bonds is 7. The van der Waals surface area contributed by atoms with Crippen LogP contribution in [-0.2, 0) is 22.6 Å². The van der Waals surface area contributed by atoms with Gasteiger partial charge in [0.1, 0.15) is 6.54 Å². The number of aromatic nitrogens is 1. The lowest BCUT2D eigenvalue weighted by molar-refractivity contribution is -0.121. The third kappa shape index (κ3) is 3.37. The zero-order valence-electron chi connectivity index (χ0n) is 12.0. The summed E-state index contributed by atoms with van der Waals surface area (Å²) in [4.78, 5) is 11.6. The Morgan fingerprint density at radius 3 is 2.95 bits per heavy atom. The van der Waals surface area contributed by atoms with Gasteiger partial charge < -0.3 is 19.9 Å². The SMILES string of the molecule is CNC(=O)Cn1ccc2cccc(CNCCOC)c21. The molecule has 0 bridgehead atoms. The van der Waals surface area contributed by atoms with Crippen LogP contribution in [0.2, 0.25) is 0 Å². The van der Waals surface area contributed by atoms with Crippen molar-refractivity contribution in [2.75, 3.05) is 27.3 Å². The minimum absolute atomic E-state index is 0.00430. The van der Waals surface area contributed by atoms with Gasteiger partial charge in [-0.2, -0.15) is 0 Å². The van der Waals surface area contributed by atoms with E-state index in [4.69, 9.17) is 4.74 Å². The van der Waals surface area contributed by atoms with Crippen molar-refractivity contribution in [1.82, 2.24) is 15.2 Å². The lowest BCUT2D eigenvalue weighted by Gasteiger charge is -2.10. The molecule has 1 amide bonds. The van der Waals surface area contributed by atoms with Crippen LogP contribution in [0.15, 0.2) is 30.5 Å². The maximum absolute atomic E-state index is 11.6. The molecule has 0 aliphatic carbocycles. The molecule has 0 unspecified atom stereocenters. The molecule has 0 spiro atoms. The number of ether oxygens (including phenoxy) is 1. The van der Waals surface area contributed by atoms with Gasteiger partial charge in [-0.3, -0.25) is 4.79 Å². The number of hydrogen-bond donors (Lipinski definition) is 2. The predicted octanol–water partition coefficient (Wildman–Crippen LogP) is 1.12. The molecule has 1 aromatic carbocycles. The van der Waals surface area contributed by atoms with E-state index in [1.54, 1.807) is 14.2 Å². The quantitative estimate of drug-likeness (QED) is 0.745. The van der Waals surface area contributed by atoms with E-state index >= 15 is 0 Å². The number of methoxy groups -OCH3 is 1. The molecule has 5 nitrogen and oxygen atoms in total. The summed E-state index contributed by atoms with van der Waals surface area (Å²) in [5, 5.41) is 7.15. The second-order valence-corrected chi connectivity index (χ2v) is 4.64. The summed E-state index contributed by atoms with van der Waals surface area (Å²) in [6.45, 7) is 2.60. The first kappa shape index (κ1) is 14.6. The Morgan fingerprint density at radius 2 is 2.20 bits per heavy atom. The lowest BCUT2D eigenvalue weighted by Crippen LogP contribution is -2.23. The lowest BCUT2D eigenvalue weighted by atomic mass is 10.1. The molecular formula is C15H21N3O2. The van der Waals surface area contributed by atoms with Gasteiger partial charge in [-0.25, -0.2) is 0 Å². The molecule has 2 N–H and O–H groups in total. The van der Waals surface area contributed by atoms with Crippen molar-refractivity contribution in [3.8, 4) is 0 Å². The molecule has 0 saturated carbocycles. The van der Waals surface area contributed by atoms with E-state index < -0.39 is 0 Å². The van der Waals surface area contributed by atoms with Crippen LogP contribution in [-0.4, -0.2) is 37.8 Å². The van der Waals surface area contributed by atoms with E-state index in [9.17, 15) is 4.79 Å². The first-order valence-corrected chi connectivity index (χ1v) is 6.73. The average molecular weight is 275 g/mol. The number of nitrogens with zero attached hydrogens (tertiary/aromatic N) is 1. The maximum atomic E-state index is 11.6. The van der Waals surface area contributed by atoms with Gasteiger partial charge in [0.15, 0.2) is 0 Å². The smallest absolute Gasteiger partial charge is 0.239 e. The molecule has 5 heteroatoms. The summed E-state index contributed by atoms with van der Waals surface area (Å²) in [5.74, 6) is 0.00430. The van der Waals surface area contributed by atoms with Crippen molar-refractivity contribution >= 4 is 16.8 Å². The van der Waals surface area contributed by atoms with Crippen LogP contribution in [0.4, 0.5) is 0 Å². The highest BCUT2D eigenvalue weighted by Gasteiger charge is 2.08. The maximum Gasteiger partial charge on any atom is 0.239 e. The summed E-state index contributed by atoms with van der Waals surface area (Å²) in [7, 11) is 3.35. The molecule has 0 atom stereocenters. The molecule has 108 valence electrons. The van der Waals surface area contributed by atoms with E-state index in [1.165, 1.54) is 5.56 Å². The molecule has 0 fully saturated rings. The van der Waals surface area contributed by atoms with Crippen molar-refractivity contribution in [1.29, 1.82) is 0 Å². The van der Waals surface area contributed by atoms with E-state index in [2.05, 4.69) is 22.8 Å². The third-order valence-corrected chi connectivity index (χ3v) is 3.26. The molecule has 2 rings (SSSR count). The first-order chi connectivity index (χ1) is 9.76. The van der Waals surface area contributed by atoms with Crippen LogP contribution in [0.1, 0.15) is 5.56 Å². The highest BCUT2D eigenvalue weighted by Crippen LogP contribution is 2.20. The molecule has 1 aromatic heterocycles. The zero-order valence-corrected chi connectivity index (χ0v) is 12.0. The number of carbonyl (C=O) groups excluding carboxylic acids is 1. The highest BCUT2D eigenvalue weighted by atomic mass is 16.5. The van der Waals surface area contributed by atoms with Gasteiger partial charge in [-0.05, 0) is 17.0 Å². The predicted molar refractivity (Wildman–Crippen MR) is 79.6 cm³/mol. The first-order valence-electron chi connectivity index (χ1n) is 6.73.